The van der Waals surface area contributed by atoms with Crippen molar-refractivity contribution < 1.29 is 18.0 Å². The molecule has 0 amide bonds. The number of ketones is 1. The molecule has 0 radical (unpaired) electrons. The lowest BCUT2D eigenvalue weighted by atomic mass is 9.83. The van der Waals surface area contributed by atoms with E-state index in [-0.39, 0.29) is 11.3 Å². The highest BCUT2D eigenvalue weighted by atomic mass is 32.2. The predicted molar refractivity (Wildman–Crippen MR) is 82.6 cm³/mol. The second-order valence-corrected chi connectivity index (χ2v) is 7.49. The average molecular weight is 342 g/mol. The van der Waals surface area contributed by atoms with E-state index in [0.29, 0.717) is 17.5 Å². The van der Waals surface area contributed by atoms with Crippen LogP contribution in [0.5, 0.6) is 0 Å². The number of rotatable bonds is 2. The molecule has 0 aromatic rings. The van der Waals surface area contributed by atoms with E-state index in [1.165, 1.54) is 24.6 Å². The molecule has 3 saturated heterocycles. The first kappa shape index (κ1) is 15.3. The molecular weight excluding hydrogens is 325 g/mol. The summed E-state index contributed by atoms with van der Waals surface area (Å²) in [5, 5.41) is 0. The van der Waals surface area contributed by atoms with Gasteiger partial charge in [0.2, 0.25) is 0 Å². The highest BCUT2D eigenvalue weighted by Crippen LogP contribution is 2.43. The third kappa shape index (κ3) is 2.63. The van der Waals surface area contributed by atoms with Crippen LogP contribution in [0.4, 0.5) is 13.2 Å². The number of fused-ring (bicyclic) bond motifs is 4. The fourth-order valence-electron chi connectivity index (χ4n) is 3.92. The average Bonchev–Trinajstić information content (AvgIpc) is 2.97. The molecule has 5 aliphatic rings. The number of piperidine rings is 3. The van der Waals surface area contributed by atoms with Gasteiger partial charge in [0.15, 0.2) is 0 Å². The quantitative estimate of drug-likeness (QED) is 0.770. The maximum atomic E-state index is 12.7. The first-order valence-corrected chi connectivity index (χ1v) is 8.80. The molecule has 0 aromatic carbocycles. The summed E-state index contributed by atoms with van der Waals surface area (Å²) in [6.45, 7) is 3.32. The molecular formula is C16H17F3N2OS. The van der Waals surface area contributed by atoms with Gasteiger partial charge in [0.1, 0.15) is 0 Å². The highest BCUT2D eigenvalue weighted by molar-refractivity contribution is 8.03. The van der Waals surface area contributed by atoms with E-state index in [2.05, 4.69) is 9.80 Å². The van der Waals surface area contributed by atoms with Crippen molar-refractivity contribution in [2.24, 2.45) is 5.92 Å². The molecule has 1 atom stereocenters. The Hall–Kier alpha value is -1.21. The third-order valence-corrected chi connectivity index (χ3v) is 6.25. The SMILES string of the molecule is O=C(C1=C2C=CN([C@H]3CN4CCC3CC4)C=C2SC1)C(F)(F)F. The Labute approximate surface area is 136 Å². The molecule has 0 saturated carbocycles. The molecule has 5 rings (SSSR count). The Morgan fingerprint density at radius 1 is 1.26 bits per heavy atom. The number of hydrogen-bond acceptors (Lipinski definition) is 4. The molecule has 0 aromatic heterocycles. The van der Waals surface area contributed by atoms with Crippen molar-refractivity contribution in [2.75, 3.05) is 25.4 Å². The lowest BCUT2D eigenvalue weighted by Crippen LogP contribution is -2.55. The first-order chi connectivity index (χ1) is 10.9. The third-order valence-electron chi connectivity index (χ3n) is 5.18. The Morgan fingerprint density at radius 2 is 2.00 bits per heavy atom. The Bertz CT molecular complexity index is 630. The predicted octanol–water partition coefficient (Wildman–Crippen LogP) is 2.93. The van der Waals surface area contributed by atoms with Crippen molar-refractivity contribution in [3.8, 4) is 0 Å². The number of hydrogen-bond donors (Lipinski definition) is 0. The second kappa shape index (κ2) is 5.41. The number of thioether (sulfide) groups is 1. The van der Waals surface area contributed by atoms with Crippen LogP contribution in [0.1, 0.15) is 12.8 Å². The molecule has 124 valence electrons. The van der Waals surface area contributed by atoms with Gasteiger partial charge >= 0.3 is 6.18 Å². The maximum Gasteiger partial charge on any atom is 0.454 e. The van der Waals surface area contributed by atoms with Crippen molar-refractivity contribution in [3.05, 3.63) is 34.5 Å². The summed E-state index contributed by atoms with van der Waals surface area (Å²) < 4.78 is 38.0. The molecule has 7 heteroatoms. The zero-order chi connectivity index (χ0) is 16.2. The van der Waals surface area contributed by atoms with Crippen LogP contribution in [0.25, 0.3) is 0 Å². The van der Waals surface area contributed by atoms with Gasteiger partial charge in [-0.05, 0) is 43.5 Å². The molecule has 3 nitrogen and oxygen atoms in total. The molecule has 0 N–H and O–H groups in total. The van der Waals surface area contributed by atoms with Crippen LogP contribution in [0.2, 0.25) is 0 Å². The Balaban J connectivity index is 1.58. The topological polar surface area (TPSA) is 23.6 Å². The van der Waals surface area contributed by atoms with Gasteiger partial charge in [0, 0.05) is 41.2 Å². The van der Waals surface area contributed by atoms with Crippen LogP contribution in [0, 0.1) is 5.92 Å². The normalized spacial score (nSPS) is 33.1. The Kier molecular flexibility index (Phi) is 3.61. The maximum absolute atomic E-state index is 12.7. The first-order valence-electron chi connectivity index (χ1n) is 7.81. The van der Waals surface area contributed by atoms with Crippen molar-refractivity contribution in [3.63, 3.8) is 0 Å². The van der Waals surface area contributed by atoms with Crippen LogP contribution in [-0.2, 0) is 4.79 Å². The zero-order valence-electron chi connectivity index (χ0n) is 12.5. The summed E-state index contributed by atoms with van der Waals surface area (Å²) in [6.07, 6.45) is 3.05. The number of halogens is 3. The Morgan fingerprint density at radius 3 is 2.61 bits per heavy atom. The molecule has 23 heavy (non-hydrogen) atoms. The monoisotopic (exact) mass is 342 g/mol. The zero-order valence-corrected chi connectivity index (χ0v) is 13.3. The van der Waals surface area contributed by atoms with E-state index < -0.39 is 12.0 Å². The fourth-order valence-corrected chi connectivity index (χ4v) is 5.05. The van der Waals surface area contributed by atoms with Crippen molar-refractivity contribution >= 4 is 17.5 Å². The number of carbonyl (C=O) groups excluding carboxylic acids is 1. The van der Waals surface area contributed by atoms with Gasteiger partial charge in [-0.1, -0.05) is 0 Å². The van der Waals surface area contributed by atoms with Gasteiger partial charge in [-0.3, -0.25) is 4.79 Å². The van der Waals surface area contributed by atoms with Crippen LogP contribution in [0.3, 0.4) is 0 Å². The summed E-state index contributed by atoms with van der Waals surface area (Å²) in [5.74, 6) is -0.947. The second-order valence-electron chi connectivity index (χ2n) is 6.47. The molecule has 2 bridgehead atoms. The van der Waals surface area contributed by atoms with E-state index >= 15 is 0 Å². The van der Waals surface area contributed by atoms with Crippen LogP contribution < -0.4 is 0 Å². The van der Waals surface area contributed by atoms with Gasteiger partial charge in [-0.25, -0.2) is 0 Å². The fraction of sp³-hybridized carbons (Fsp3) is 0.562. The smallest absolute Gasteiger partial charge is 0.349 e. The van der Waals surface area contributed by atoms with E-state index in [0.717, 1.165) is 24.5 Å². The standard InChI is InChI=1S/C16H17F3N2OS/c17-16(18,19)15(22)12-9-23-14-8-21(6-3-11(12)14)13-7-20-4-1-10(13)2-5-20/h3,6,8,10,13H,1-2,4-5,7,9H2/t13-/m0/s1. The number of Topliss-reactive ketones (excluding diaryl/α,β-unsaturated/α-hetero) is 1. The molecule has 0 unspecified atom stereocenters. The highest BCUT2D eigenvalue weighted by Gasteiger charge is 2.44. The van der Waals surface area contributed by atoms with Crippen molar-refractivity contribution in [1.29, 1.82) is 0 Å². The lowest BCUT2D eigenvalue weighted by Gasteiger charge is -2.48. The summed E-state index contributed by atoms with van der Waals surface area (Å²) in [5.41, 5.74) is 0.341. The van der Waals surface area contributed by atoms with Gasteiger partial charge < -0.3 is 9.80 Å². The number of nitrogens with zero attached hydrogens (tertiary/aromatic N) is 2. The van der Waals surface area contributed by atoms with Crippen molar-refractivity contribution in [2.45, 2.75) is 25.1 Å². The number of carbonyl (C=O) groups is 1. The molecule has 0 aliphatic carbocycles. The van der Waals surface area contributed by atoms with Gasteiger partial charge in [0.05, 0.1) is 0 Å². The largest absolute Gasteiger partial charge is 0.454 e. The molecule has 5 heterocycles. The van der Waals surface area contributed by atoms with E-state index in [1.807, 2.05) is 12.4 Å². The molecule has 0 spiro atoms. The van der Waals surface area contributed by atoms with Crippen LogP contribution in [0.15, 0.2) is 34.5 Å². The van der Waals surface area contributed by atoms with Crippen molar-refractivity contribution in [1.82, 2.24) is 9.80 Å². The summed E-state index contributed by atoms with van der Waals surface area (Å²) in [7, 11) is 0. The van der Waals surface area contributed by atoms with Crippen LogP contribution in [-0.4, -0.2) is 53.2 Å². The molecule has 5 aliphatic heterocycles. The van der Waals surface area contributed by atoms with Gasteiger partial charge in [-0.15, -0.1) is 11.8 Å². The minimum atomic E-state index is -4.79. The minimum absolute atomic E-state index is 0.109. The minimum Gasteiger partial charge on any atom is -0.349 e. The molecule has 3 fully saturated rings. The van der Waals surface area contributed by atoms with Gasteiger partial charge in [-0.2, -0.15) is 13.2 Å². The van der Waals surface area contributed by atoms with Gasteiger partial charge in [0.25, 0.3) is 5.78 Å². The number of alkyl halides is 3. The summed E-state index contributed by atoms with van der Waals surface area (Å²) in [6, 6.07) is 0.394. The summed E-state index contributed by atoms with van der Waals surface area (Å²) >= 11 is 1.33. The number of allylic oxidation sites excluding steroid dienone is 2. The lowest BCUT2D eigenvalue weighted by molar-refractivity contribution is -0.166. The summed E-state index contributed by atoms with van der Waals surface area (Å²) in [4.78, 5) is 16.9. The van der Waals surface area contributed by atoms with Crippen LogP contribution >= 0.6 is 11.8 Å². The van der Waals surface area contributed by atoms with E-state index in [1.54, 1.807) is 6.08 Å². The van der Waals surface area contributed by atoms with E-state index in [4.69, 9.17) is 0 Å². The van der Waals surface area contributed by atoms with E-state index in [9.17, 15) is 18.0 Å².